The highest BCUT2D eigenvalue weighted by Crippen LogP contribution is 2.30. The molecule has 0 radical (unpaired) electrons. The lowest BCUT2D eigenvalue weighted by atomic mass is 9.92. The van der Waals surface area contributed by atoms with Gasteiger partial charge in [-0.05, 0) is 62.5 Å². The lowest BCUT2D eigenvalue weighted by Gasteiger charge is -2.33. The van der Waals surface area contributed by atoms with E-state index in [2.05, 4.69) is 34.3 Å². The van der Waals surface area contributed by atoms with Crippen molar-refractivity contribution in [3.05, 3.63) is 39.8 Å². The van der Waals surface area contributed by atoms with Gasteiger partial charge >= 0.3 is 0 Å². The van der Waals surface area contributed by atoms with Crippen LogP contribution in [-0.2, 0) is 16.0 Å². The summed E-state index contributed by atoms with van der Waals surface area (Å²) in [7, 11) is 0. The maximum absolute atomic E-state index is 12.8. The number of carbonyl (C=O) groups is 1. The van der Waals surface area contributed by atoms with Crippen molar-refractivity contribution in [2.75, 3.05) is 25.4 Å². The molecule has 2 atom stereocenters. The van der Waals surface area contributed by atoms with Gasteiger partial charge in [0.2, 0.25) is 5.91 Å². The van der Waals surface area contributed by atoms with E-state index in [9.17, 15) is 4.79 Å². The third kappa shape index (κ3) is 5.83. The van der Waals surface area contributed by atoms with Crippen LogP contribution in [0.15, 0.2) is 28.9 Å². The number of piperidine rings is 1. The molecule has 30 heavy (non-hydrogen) atoms. The molecule has 2 saturated heterocycles. The molecule has 0 unspecified atom stereocenters. The van der Waals surface area contributed by atoms with Gasteiger partial charge in [0.1, 0.15) is 0 Å². The normalized spacial score (nSPS) is 21.8. The summed E-state index contributed by atoms with van der Waals surface area (Å²) in [5.41, 5.74) is 2.25. The number of nitrogens with zero attached hydrogens (tertiary/aromatic N) is 3. The molecule has 0 spiro atoms. The predicted molar refractivity (Wildman–Crippen MR) is 122 cm³/mol. The molecule has 4 rings (SSSR count). The molecule has 4 heterocycles. The Morgan fingerprint density at radius 3 is 3.10 bits per heavy atom. The molecule has 2 aromatic rings. The third-order valence-electron chi connectivity index (χ3n) is 5.97. The fraction of sp³-hybridized carbons (Fsp3) is 0.609. The van der Waals surface area contributed by atoms with Crippen molar-refractivity contribution in [1.82, 2.24) is 14.9 Å². The van der Waals surface area contributed by atoms with Gasteiger partial charge in [0.05, 0.1) is 11.8 Å². The van der Waals surface area contributed by atoms with Gasteiger partial charge < -0.3 is 9.64 Å². The SMILES string of the molecule is Cc1cnc(SC[C@H]2CCCO2)nc1[C@@H]1CCCN(C(=O)CCCc2cccs2)C1. The molecular weight excluding hydrogens is 414 g/mol. The van der Waals surface area contributed by atoms with E-state index in [-0.39, 0.29) is 5.91 Å². The zero-order valence-electron chi connectivity index (χ0n) is 17.7. The molecule has 0 aromatic carbocycles. The number of hydrogen-bond acceptors (Lipinski definition) is 6. The number of amides is 1. The van der Waals surface area contributed by atoms with E-state index in [1.165, 1.54) is 4.88 Å². The van der Waals surface area contributed by atoms with E-state index >= 15 is 0 Å². The lowest BCUT2D eigenvalue weighted by molar-refractivity contribution is -0.132. The first-order valence-corrected chi connectivity index (χ1v) is 12.9. The summed E-state index contributed by atoms with van der Waals surface area (Å²) >= 11 is 3.47. The average molecular weight is 446 g/mol. The van der Waals surface area contributed by atoms with Crippen LogP contribution in [0, 0.1) is 6.92 Å². The summed E-state index contributed by atoms with van der Waals surface area (Å²) in [5, 5.41) is 2.94. The van der Waals surface area contributed by atoms with Crippen molar-refractivity contribution >= 4 is 29.0 Å². The van der Waals surface area contributed by atoms with Crippen LogP contribution in [0.2, 0.25) is 0 Å². The molecule has 0 N–H and O–H groups in total. The molecule has 0 aliphatic carbocycles. The Labute approximate surface area is 187 Å². The van der Waals surface area contributed by atoms with E-state index in [0.717, 1.165) is 80.4 Å². The fourth-order valence-electron chi connectivity index (χ4n) is 4.32. The minimum atomic E-state index is 0.288. The standard InChI is InChI=1S/C23H31N3O2S2/c1-17-14-24-23(30-16-19-7-4-12-28-19)25-22(17)18-6-3-11-26(15-18)21(27)10-2-8-20-9-5-13-29-20/h5,9,13-14,18-19H,2-4,6-8,10-12,15-16H2,1H3/t18-,19-/m1/s1. The van der Waals surface area contributed by atoms with E-state index in [0.29, 0.717) is 18.4 Å². The zero-order chi connectivity index (χ0) is 20.8. The fourth-order valence-corrected chi connectivity index (χ4v) is 5.96. The number of carbonyl (C=O) groups excluding carboxylic acids is 1. The van der Waals surface area contributed by atoms with Gasteiger partial charge in [0, 0.05) is 48.9 Å². The highest BCUT2D eigenvalue weighted by molar-refractivity contribution is 7.99. The van der Waals surface area contributed by atoms with Crippen LogP contribution in [0.4, 0.5) is 0 Å². The number of hydrogen-bond donors (Lipinski definition) is 0. The van der Waals surface area contributed by atoms with E-state index < -0.39 is 0 Å². The van der Waals surface area contributed by atoms with Gasteiger partial charge in [0.25, 0.3) is 0 Å². The Hall–Kier alpha value is -1.44. The van der Waals surface area contributed by atoms with Crippen molar-refractivity contribution in [2.45, 2.75) is 69.0 Å². The second-order valence-electron chi connectivity index (χ2n) is 8.28. The van der Waals surface area contributed by atoms with Gasteiger partial charge in [-0.25, -0.2) is 9.97 Å². The lowest BCUT2D eigenvalue weighted by Crippen LogP contribution is -2.39. The van der Waals surface area contributed by atoms with Crippen LogP contribution in [-0.4, -0.2) is 52.3 Å². The molecule has 2 fully saturated rings. The van der Waals surface area contributed by atoms with Crippen LogP contribution in [0.1, 0.15) is 60.6 Å². The molecule has 2 aliphatic heterocycles. The summed E-state index contributed by atoms with van der Waals surface area (Å²) < 4.78 is 5.72. The smallest absolute Gasteiger partial charge is 0.222 e. The van der Waals surface area contributed by atoms with Crippen LogP contribution in [0.3, 0.4) is 0 Å². The molecule has 0 saturated carbocycles. The van der Waals surface area contributed by atoms with Gasteiger partial charge in [-0.3, -0.25) is 4.79 Å². The summed E-state index contributed by atoms with van der Waals surface area (Å²) in [4.78, 5) is 25.6. The number of ether oxygens (including phenoxy) is 1. The average Bonchev–Trinajstić information content (AvgIpc) is 3.47. The zero-order valence-corrected chi connectivity index (χ0v) is 19.3. The summed E-state index contributed by atoms with van der Waals surface area (Å²) in [5.74, 6) is 1.52. The van der Waals surface area contributed by atoms with Crippen LogP contribution in [0.5, 0.6) is 0 Å². The van der Waals surface area contributed by atoms with E-state index in [4.69, 9.17) is 9.72 Å². The Balaban J connectivity index is 1.32. The maximum atomic E-state index is 12.8. The molecule has 5 nitrogen and oxygen atoms in total. The van der Waals surface area contributed by atoms with Gasteiger partial charge in [-0.15, -0.1) is 11.3 Å². The van der Waals surface area contributed by atoms with Crippen LogP contribution < -0.4 is 0 Å². The minimum Gasteiger partial charge on any atom is -0.377 e. The van der Waals surface area contributed by atoms with Crippen molar-refractivity contribution in [3.63, 3.8) is 0 Å². The van der Waals surface area contributed by atoms with Gasteiger partial charge in [0.15, 0.2) is 5.16 Å². The summed E-state index contributed by atoms with van der Waals surface area (Å²) in [6.45, 7) is 4.63. The Morgan fingerprint density at radius 1 is 1.37 bits per heavy atom. The quantitative estimate of drug-likeness (QED) is 0.430. The first-order valence-electron chi connectivity index (χ1n) is 11.1. The molecule has 0 bridgehead atoms. The van der Waals surface area contributed by atoms with E-state index in [1.54, 1.807) is 23.1 Å². The number of aryl methyl sites for hydroxylation is 2. The third-order valence-corrected chi connectivity index (χ3v) is 7.90. The first-order chi connectivity index (χ1) is 14.7. The second-order valence-corrected chi connectivity index (χ2v) is 10.3. The molecular formula is C23H31N3O2S2. The van der Waals surface area contributed by atoms with Gasteiger partial charge in [-0.2, -0.15) is 0 Å². The molecule has 1 amide bonds. The van der Waals surface area contributed by atoms with Crippen molar-refractivity contribution in [2.24, 2.45) is 0 Å². The van der Waals surface area contributed by atoms with Crippen LogP contribution >= 0.6 is 23.1 Å². The van der Waals surface area contributed by atoms with Crippen molar-refractivity contribution < 1.29 is 9.53 Å². The molecule has 2 aromatic heterocycles. The van der Waals surface area contributed by atoms with Crippen molar-refractivity contribution in [3.8, 4) is 0 Å². The number of thioether (sulfide) groups is 1. The molecule has 2 aliphatic rings. The number of thiophene rings is 1. The number of likely N-dealkylation sites (tertiary alicyclic amines) is 1. The second kappa shape index (κ2) is 10.7. The van der Waals surface area contributed by atoms with Crippen LogP contribution in [0.25, 0.3) is 0 Å². The van der Waals surface area contributed by atoms with Gasteiger partial charge in [-0.1, -0.05) is 17.8 Å². The number of aromatic nitrogens is 2. The minimum absolute atomic E-state index is 0.288. The highest BCUT2D eigenvalue weighted by atomic mass is 32.2. The highest BCUT2D eigenvalue weighted by Gasteiger charge is 2.27. The first kappa shape index (κ1) is 21.8. The molecule has 7 heteroatoms. The summed E-state index contributed by atoms with van der Waals surface area (Å²) in [6.07, 6.45) is 9.27. The number of rotatable bonds is 8. The Morgan fingerprint density at radius 2 is 2.30 bits per heavy atom. The van der Waals surface area contributed by atoms with E-state index in [1.807, 2.05) is 6.20 Å². The Kier molecular flexibility index (Phi) is 7.79. The topological polar surface area (TPSA) is 55.3 Å². The summed E-state index contributed by atoms with van der Waals surface area (Å²) in [6, 6.07) is 4.23. The monoisotopic (exact) mass is 445 g/mol. The largest absolute Gasteiger partial charge is 0.377 e. The maximum Gasteiger partial charge on any atom is 0.222 e. The van der Waals surface area contributed by atoms with Crippen molar-refractivity contribution in [1.29, 1.82) is 0 Å². The predicted octanol–water partition coefficient (Wildman–Crippen LogP) is 4.85. The Bertz CT molecular complexity index is 822. The molecule has 162 valence electrons.